The highest BCUT2D eigenvalue weighted by atomic mass is 16.5. The second-order valence-electron chi connectivity index (χ2n) is 6.46. The number of benzene rings is 1. The Morgan fingerprint density at radius 1 is 1.13 bits per heavy atom. The first-order valence-electron chi connectivity index (χ1n) is 8.65. The van der Waals surface area contributed by atoms with E-state index in [4.69, 9.17) is 4.74 Å². The number of carbonyl (C=O) groups excluding carboxylic acids is 1. The van der Waals surface area contributed by atoms with Gasteiger partial charge < -0.3 is 15.0 Å². The van der Waals surface area contributed by atoms with Crippen molar-refractivity contribution in [3.63, 3.8) is 0 Å². The molecule has 5 nitrogen and oxygen atoms in total. The van der Waals surface area contributed by atoms with Crippen molar-refractivity contribution in [3.8, 4) is 0 Å². The van der Waals surface area contributed by atoms with E-state index in [1.165, 1.54) is 24.0 Å². The lowest BCUT2D eigenvalue weighted by Crippen LogP contribution is -2.48. The molecule has 2 saturated heterocycles. The normalized spacial score (nSPS) is 20.5. The summed E-state index contributed by atoms with van der Waals surface area (Å²) in [6.45, 7) is 7.66. The van der Waals surface area contributed by atoms with E-state index in [1.807, 2.05) is 4.90 Å². The number of nitrogens with one attached hydrogen (secondary N) is 1. The van der Waals surface area contributed by atoms with Crippen molar-refractivity contribution in [2.45, 2.75) is 25.8 Å². The minimum atomic E-state index is 0.0320. The standard InChI is InChI=1S/C18H27N3O2/c1-15-4-6-16(7-5-15)17(20-8-2-3-9-20)14-19-18(22)21-10-12-23-13-11-21/h4-7,17H,2-3,8-14H2,1H3,(H,19,22). The van der Waals surface area contributed by atoms with E-state index in [2.05, 4.69) is 41.4 Å². The van der Waals surface area contributed by atoms with Crippen LogP contribution in [0.25, 0.3) is 0 Å². The Balaban J connectivity index is 1.63. The van der Waals surface area contributed by atoms with Crippen LogP contribution in [0.5, 0.6) is 0 Å². The van der Waals surface area contributed by atoms with Gasteiger partial charge in [-0.3, -0.25) is 4.90 Å². The third-order valence-corrected chi connectivity index (χ3v) is 4.79. The second kappa shape index (κ2) is 7.79. The zero-order chi connectivity index (χ0) is 16.1. The molecule has 23 heavy (non-hydrogen) atoms. The smallest absolute Gasteiger partial charge is 0.317 e. The number of likely N-dealkylation sites (tertiary alicyclic amines) is 1. The molecular weight excluding hydrogens is 290 g/mol. The predicted octanol–water partition coefficient (Wildman–Crippen LogP) is 2.17. The molecular formula is C18H27N3O2. The van der Waals surface area contributed by atoms with E-state index < -0.39 is 0 Å². The van der Waals surface area contributed by atoms with E-state index in [0.717, 1.165) is 13.1 Å². The Hall–Kier alpha value is -1.59. The largest absolute Gasteiger partial charge is 0.378 e. The highest BCUT2D eigenvalue weighted by Crippen LogP contribution is 2.25. The fourth-order valence-corrected chi connectivity index (χ4v) is 3.36. The maximum atomic E-state index is 12.3. The van der Waals surface area contributed by atoms with Gasteiger partial charge in [0.15, 0.2) is 0 Å². The Morgan fingerprint density at radius 2 is 1.78 bits per heavy atom. The van der Waals surface area contributed by atoms with Gasteiger partial charge >= 0.3 is 6.03 Å². The first-order chi connectivity index (χ1) is 11.2. The van der Waals surface area contributed by atoms with Gasteiger partial charge in [0.2, 0.25) is 0 Å². The molecule has 2 aliphatic heterocycles. The zero-order valence-electron chi connectivity index (χ0n) is 14.0. The van der Waals surface area contributed by atoms with Crippen LogP contribution < -0.4 is 5.32 Å². The minimum Gasteiger partial charge on any atom is -0.378 e. The summed E-state index contributed by atoms with van der Waals surface area (Å²) in [7, 11) is 0. The number of rotatable bonds is 4. The summed E-state index contributed by atoms with van der Waals surface area (Å²) in [5, 5.41) is 3.13. The number of amides is 2. The van der Waals surface area contributed by atoms with Crippen LogP contribution in [0.3, 0.4) is 0 Å². The first kappa shape index (κ1) is 16.3. The zero-order valence-corrected chi connectivity index (χ0v) is 14.0. The van der Waals surface area contributed by atoms with Crippen molar-refractivity contribution in [1.29, 1.82) is 0 Å². The molecule has 2 aliphatic rings. The average Bonchev–Trinajstić information content (AvgIpc) is 3.11. The molecule has 1 N–H and O–H groups in total. The number of ether oxygens (including phenoxy) is 1. The van der Waals surface area contributed by atoms with Crippen LogP contribution in [0.4, 0.5) is 4.79 Å². The summed E-state index contributed by atoms with van der Waals surface area (Å²) in [6, 6.07) is 9.00. The minimum absolute atomic E-state index is 0.0320. The van der Waals surface area contributed by atoms with Crippen LogP contribution in [0.15, 0.2) is 24.3 Å². The summed E-state index contributed by atoms with van der Waals surface area (Å²) in [5.74, 6) is 0. The van der Waals surface area contributed by atoms with Gasteiger partial charge in [-0.05, 0) is 38.4 Å². The average molecular weight is 317 g/mol. The van der Waals surface area contributed by atoms with Gasteiger partial charge in [-0.25, -0.2) is 4.79 Å². The van der Waals surface area contributed by atoms with E-state index in [1.54, 1.807) is 0 Å². The maximum absolute atomic E-state index is 12.3. The quantitative estimate of drug-likeness (QED) is 0.926. The number of urea groups is 1. The van der Waals surface area contributed by atoms with Gasteiger partial charge in [0.25, 0.3) is 0 Å². The van der Waals surface area contributed by atoms with Crippen molar-refractivity contribution >= 4 is 6.03 Å². The molecule has 0 saturated carbocycles. The van der Waals surface area contributed by atoms with Crippen LogP contribution in [-0.4, -0.2) is 61.8 Å². The van der Waals surface area contributed by atoms with Crippen molar-refractivity contribution < 1.29 is 9.53 Å². The summed E-state index contributed by atoms with van der Waals surface area (Å²) in [6.07, 6.45) is 2.50. The highest BCUT2D eigenvalue weighted by molar-refractivity contribution is 5.74. The molecule has 2 fully saturated rings. The fourth-order valence-electron chi connectivity index (χ4n) is 3.36. The Labute approximate surface area is 138 Å². The lowest BCUT2D eigenvalue weighted by molar-refractivity contribution is 0.0527. The van der Waals surface area contributed by atoms with Gasteiger partial charge in [-0.2, -0.15) is 0 Å². The molecule has 0 bridgehead atoms. The number of aryl methyl sites for hydroxylation is 1. The van der Waals surface area contributed by atoms with Crippen LogP contribution >= 0.6 is 0 Å². The molecule has 3 rings (SSSR count). The Morgan fingerprint density at radius 3 is 2.43 bits per heavy atom. The molecule has 2 amide bonds. The highest BCUT2D eigenvalue weighted by Gasteiger charge is 2.25. The Kier molecular flexibility index (Phi) is 5.51. The SMILES string of the molecule is Cc1ccc(C(CNC(=O)N2CCOCC2)N2CCCC2)cc1. The second-order valence-corrected chi connectivity index (χ2v) is 6.46. The molecule has 0 aromatic heterocycles. The summed E-state index contributed by atoms with van der Waals surface area (Å²) in [5.41, 5.74) is 2.56. The number of hydrogen-bond acceptors (Lipinski definition) is 3. The molecule has 0 spiro atoms. The first-order valence-corrected chi connectivity index (χ1v) is 8.65. The molecule has 0 aliphatic carbocycles. The summed E-state index contributed by atoms with van der Waals surface area (Å²) >= 11 is 0. The lowest BCUT2D eigenvalue weighted by atomic mass is 10.0. The van der Waals surface area contributed by atoms with E-state index in [-0.39, 0.29) is 12.1 Å². The fraction of sp³-hybridized carbons (Fsp3) is 0.611. The van der Waals surface area contributed by atoms with E-state index >= 15 is 0 Å². The predicted molar refractivity (Wildman–Crippen MR) is 90.5 cm³/mol. The van der Waals surface area contributed by atoms with E-state index in [0.29, 0.717) is 32.8 Å². The molecule has 2 heterocycles. The van der Waals surface area contributed by atoms with Crippen LogP contribution in [-0.2, 0) is 4.74 Å². The molecule has 5 heteroatoms. The number of carbonyl (C=O) groups is 1. The Bertz CT molecular complexity index is 506. The molecule has 1 aromatic carbocycles. The third-order valence-electron chi connectivity index (χ3n) is 4.79. The summed E-state index contributed by atoms with van der Waals surface area (Å²) in [4.78, 5) is 16.7. The van der Waals surface area contributed by atoms with Gasteiger partial charge in [0.05, 0.1) is 19.3 Å². The van der Waals surface area contributed by atoms with Crippen LogP contribution in [0, 0.1) is 6.92 Å². The monoisotopic (exact) mass is 317 g/mol. The third kappa shape index (κ3) is 4.24. The topological polar surface area (TPSA) is 44.8 Å². The lowest BCUT2D eigenvalue weighted by Gasteiger charge is -2.31. The number of nitrogens with zero attached hydrogens (tertiary/aromatic N) is 2. The van der Waals surface area contributed by atoms with Crippen LogP contribution in [0.1, 0.15) is 30.0 Å². The van der Waals surface area contributed by atoms with Gasteiger partial charge in [-0.1, -0.05) is 29.8 Å². The van der Waals surface area contributed by atoms with Gasteiger partial charge in [0, 0.05) is 19.6 Å². The molecule has 1 unspecified atom stereocenters. The van der Waals surface area contributed by atoms with Gasteiger partial charge in [0.1, 0.15) is 0 Å². The molecule has 1 atom stereocenters. The number of hydrogen-bond donors (Lipinski definition) is 1. The van der Waals surface area contributed by atoms with Crippen molar-refractivity contribution in [2.75, 3.05) is 45.9 Å². The molecule has 1 aromatic rings. The van der Waals surface area contributed by atoms with Crippen molar-refractivity contribution in [1.82, 2.24) is 15.1 Å². The summed E-state index contributed by atoms with van der Waals surface area (Å²) < 4.78 is 5.31. The molecule has 126 valence electrons. The van der Waals surface area contributed by atoms with Crippen molar-refractivity contribution in [3.05, 3.63) is 35.4 Å². The molecule has 0 radical (unpaired) electrons. The van der Waals surface area contributed by atoms with Crippen molar-refractivity contribution in [2.24, 2.45) is 0 Å². The van der Waals surface area contributed by atoms with Crippen LogP contribution in [0.2, 0.25) is 0 Å². The van der Waals surface area contributed by atoms with E-state index in [9.17, 15) is 4.79 Å². The maximum Gasteiger partial charge on any atom is 0.317 e. The number of morpholine rings is 1. The van der Waals surface area contributed by atoms with Gasteiger partial charge in [-0.15, -0.1) is 0 Å².